The van der Waals surface area contributed by atoms with Crippen LogP contribution in [-0.4, -0.2) is 17.5 Å². The molecule has 3 aromatic heterocycles. The third-order valence-electron chi connectivity index (χ3n) is 3.17. The van der Waals surface area contributed by atoms with Crippen LogP contribution in [0.2, 0.25) is 0 Å². The van der Waals surface area contributed by atoms with Gasteiger partial charge in [0.05, 0.1) is 17.8 Å². The number of nitrogens with zero attached hydrogens (tertiary/aromatic N) is 1. The monoisotopic (exact) mass is 332 g/mol. The van der Waals surface area contributed by atoms with Crippen molar-refractivity contribution >= 4 is 33.7 Å². The van der Waals surface area contributed by atoms with Gasteiger partial charge in [-0.1, -0.05) is 6.07 Å². The Balaban J connectivity index is 1.65. The van der Waals surface area contributed by atoms with E-state index < -0.39 is 0 Å². The third-order valence-corrected chi connectivity index (χ3v) is 4.90. The number of anilines is 1. The van der Waals surface area contributed by atoms with Crippen molar-refractivity contribution in [1.82, 2.24) is 4.90 Å². The van der Waals surface area contributed by atoms with Gasteiger partial charge in [-0.25, -0.2) is 4.79 Å². The Morgan fingerprint density at radius 2 is 2.00 bits per heavy atom. The quantitative estimate of drug-likeness (QED) is 0.712. The second kappa shape index (κ2) is 7.29. The first-order valence-corrected chi connectivity index (χ1v) is 8.71. The molecule has 0 unspecified atom stereocenters. The van der Waals surface area contributed by atoms with E-state index >= 15 is 0 Å². The third kappa shape index (κ3) is 3.99. The van der Waals surface area contributed by atoms with Crippen molar-refractivity contribution in [3.8, 4) is 0 Å². The summed E-state index contributed by atoms with van der Waals surface area (Å²) in [4.78, 5) is 15.5. The van der Waals surface area contributed by atoms with E-state index in [4.69, 9.17) is 4.42 Å². The average Bonchev–Trinajstić information content (AvgIpc) is 3.26. The summed E-state index contributed by atoms with van der Waals surface area (Å²) >= 11 is 3.22. The maximum absolute atomic E-state index is 12.5. The second-order valence-corrected chi connectivity index (χ2v) is 6.72. The Labute approximate surface area is 137 Å². The number of hydrogen-bond donors (Lipinski definition) is 1. The minimum atomic E-state index is -0.101. The SMILES string of the molecule is O=C(Nc1cccs1)N(CCc1cccs1)Cc1ccco1. The topological polar surface area (TPSA) is 45.5 Å². The minimum Gasteiger partial charge on any atom is -0.467 e. The summed E-state index contributed by atoms with van der Waals surface area (Å²) in [7, 11) is 0. The number of hydrogen-bond acceptors (Lipinski definition) is 4. The molecule has 0 aliphatic heterocycles. The normalized spacial score (nSPS) is 10.5. The molecule has 1 N–H and O–H groups in total. The zero-order valence-electron chi connectivity index (χ0n) is 11.9. The van der Waals surface area contributed by atoms with Gasteiger partial charge in [-0.2, -0.15) is 0 Å². The molecule has 0 aliphatic carbocycles. The molecule has 0 bridgehead atoms. The Morgan fingerprint density at radius 3 is 2.68 bits per heavy atom. The van der Waals surface area contributed by atoms with Crippen LogP contribution in [0.1, 0.15) is 10.6 Å². The predicted octanol–water partition coefficient (Wildman–Crippen LogP) is 4.68. The van der Waals surface area contributed by atoms with Crippen molar-refractivity contribution in [3.63, 3.8) is 0 Å². The number of urea groups is 1. The molecule has 0 radical (unpaired) electrons. The molecule has 0 saturated heterocycles. The fourth-order valence-corrected chi connectivity index (χ4v) is 3.38. The van der Waals surface area contributed by atoms with E-state index in [1.54, 1.807) is 22.5 Å². The fraction of sp³-hybridized carbons (Fsp3) is 0.188. The Hall–Kier alpha value is -2.05. The second-order valence-electron chi connectivity index (χ2n) is 4.74. The summed E-state index contributed by atoms with van der Waals surface area (Å²) in [6, 6.07) is 11.6. The number of thiophene rings is 2. The van der Waals surface area contributed by atoms with Gasteiger partial charge in [0.15, 0.2) is 0 Å². The maximum Gasteiger partial charge on any atom is 0.322 e. The van der Waals surface area contributed by atoms with Crippen LogP contribution in [0.4, 0.5) is 9.80 Å². The molecule has 3 heterocycles. The van der Waals surface area contributed by atoms with Gasteiger partial charge in [0.2, 0.25) is 0 Å². The van der Waals surface area contributed by atoms with Crippen LogP contribution in [0.25, 0.3) is 0 Å². The van der Waals surface area contributed by atoms with Crippen LogP contribution < -0.4 is 5.32 Å². The van der Waals surface area contributed by atoms with Crippen LogP contribution in [0, 0.1) is 0 Å². The maximum atomic E-state index is 12.5. The Kier molecular flexibility index (Phi) is 4.92. The van der Waals surface area contributed by atoms with Gasteiger partial charge in [-0.15, -0.1) is 22.7 Å². The lowest BCUT2D eigenvalue weighted by Crippen LogP contribution is -2.35. The summed E-state index contributed by atoms with van der Waals surface area (Å²) in [5.74, 6) is 0.785. The average molecular weight is 332 g/mol. The van der Waals surface area contributed by atoms with Gasteiger partial charge < -0.3 is 9.32 Å². The summed E-state index contributed by atoms with van der Waals surface area (Å²) in [6.45, 7) is 1.12. The van der Waals surface area contributed by atoms with Crippen LogP contribution in [-0.2, 0) is 13.0 Å². The van der Waals surface area contributed by atoms with Crippen molar-refractivity contribution in [2.24, 2.45) is 0 Å². The van der Waals surface area contributed by atoms with Crippen molar-refractivity contribution in [2.75, 3.05) is 11.9 Å². The van der Waals surface area contributed by atoms with Crippen LogP contribution in [0.5, 0.6) is 0 Å². The summed E-state index contributed by atoms with van der Waals surface area (Å²) in [6.07, 6.45) is 2.47. The first-order valence-electron chi connectivity index (χ1n) is 6.95. The van der Waals surface area contributed by atoms with Crippen molar-refractivity contribution < 1.29 is 9.21 Å². The molecule has 0 saturated carbocycles. The van der Waals surface area contributed by atoms with Gasteiger partial charge in [0.1, 0.15) is 5.76 Å². The Morgan fingerprint density at radius 1 is 1.14 bits per heavy atom. The molecular weight excluding hydrogens is 316 g/mol. The van der Waals surface area contributed by atoms with Gasteiger partial charge >= 0.3 is 6.03 Å². The van der Waals surface area contributed by atoms with Gasteiger partial charge in [0, 0.05) is 11.4 Å². The standard InChI is InChI=1S/C16H16N2O2S2/c19-16(17-15-6-3-11-22-15)18(12-13-4-1-9-20-13)8-7-14-5-2-10-21-14/h1-6,9-11H,7-8,12H2,(H,17,19). The van der Waals surface area contributed by atoms with Crippen molar-refractivity contribution in [1.29, 1.82) is 0 Å². The number of carbonyl (C=O) groups is 1. The molecule has 0 fully saturated rings. The van der Waals surface area contributed by atoms with Crippen LogP contribution in [0.15, 0.2) is 57.8 Å². The van der Waals surface area contributed by atoms with E-state index in [-0.39, 0.29) is 6.03 Å². The minimum absolute atomic E-state index is 0.101. The molecule has 3 aromatic rings. The molecule has 0 aromatic carbocycles. The lowest BCUT2D eigenvalue weighted by atomic mass is 10.3. The van der Waals surface area contributed by atoms with Gasteiger partial charge in [-0.05, 0) is 47.5 Å². The fourth-order valence-electron chi connectivity index (χ4n) is 2.08. The summed E-state index contributed by atoms with van der Waals surface area (Å²) in [5, 5.41) is 7.78. The van der Waals surface area contributed by atoms with Gasteiger partial charge in [-0.3, -0.25) is 5.32 Å². The van der Waals surface area contributed by atoms with Crippen molar-refractivity contribution in [2.45, 2.75) is 13.0 Å². The molecule has 22 heavy (non-hydrogen) atoms. The number of nitrogens with one attached hydrogen (secondary N) is 1. The molecule has 0 spiro atoms. The molecule has 0 atom stereocenters. The van der Waals surface area contributed by atoms with Crippen LogP contribution in [0.3, 0.4) is 0 Å². The first kappa shape index (κ1) is 14.9. The Bertz CT molecular complexity index is 676. The number of amides is 2. The smallest absolute Gasteiger partial charge is 0.322 e. The molecule has 114 valence electrons. The van der Waals surface area contributed by atoms with Crippen LogP contribution >= 0.6 is 22.7 Å². The lowest BCUT2D eigenvalue weighted by molar-refractivity contribution is 0.205. The lowest BCUT2D eigenvalue weighted by Gasteiger charge is -2.21. The predicted molar refractivity (Wildman–Crippen MR) is 90.5 cm³/mol. The van der Waals surface area contributed by atoms with Gasteiger partial charge in [0.25, 0.3) is 0 Å². The summed E-state index contributed by atoms with van der Waals surface area (Å²) in [5.41, 5.74) is 0. The molecule has 6 heteroatoms. The van der Waals surface area contributed by atoms with E-state index in [1.807, 2.05) is 35.7 Å². The largest absolute Gasteiger partial charge is 0.467 e. The highest BCUT2D eigenvalue weighted by Crippen LogP contribution is 2.17. The number of rotatable bonds is 6. The van der Waals surface area contributed by atoms with E-state index in [2.05, 4.69) is 16.8 Å². The van der Waals surface area contributed by atoms with E-state index in [9.17, 15) is 4.79 Å². The van der Waals surface area contributed by atoms with E-state index in [0.29, 0.717) is 13.1 Å². The van der Waals surface area contributed by atoms with E-state index in [1.165, 1.54) is 16.2 Å². The van der Waals surface area contributed by atoms with E-state index in [0.717, 1.165) is 17.2 Å². The summed E-state index contributed by atoms with van der Waals surface area (Å²) < 4.78 is 5.37. The number of furan rings is 1. The van der Waals surface area contributed by atoms with Crippen molar-refractivity contribution in [3.05, 3.63) is 64.1 Å². The molecule has 2 amide bonds. The number of carbonyl (C=O) groups excluding carboxylic acids is 1. The molecule has 3 rings (SSSR count). The molecule has 0 aliphatic rings. The highest BCUT2D eigenvalue weighted by atomic mass is 32.1. The zero-order chi connectivity index (χ0) is 15.2. The highest BCUT2D eigenvalue weighted by Gasteiger charge is 2.16. The molecule has 4 nitrogen and oxygen atoms in total. The highest BCUT2D eigenvalue weighted by molar-refractivity contribution is 7.14. The first-order chi connectivity index (χ1) is 10.8. The zero-order valence-corrected chi connectivity index (χ0v) is 13.5. The molecular formula is C16H16N2O2S2.